The van der Waals surface area contributed by atoms with E-state index >= 15 is 0 Å². The van der Waals surface area contributed by atoms with E-state index < -0.39 is 0 Å². The Morgan fingerprint density at radius 2 is 2.12 bits per heavy atom. The molecule has 0 fully saturated rings. The molecule has 0 aliphatic rings. The Labute approximate surface area is 99.2 Å². The summed E-state index contributed by atoms with van der Waals surface area (Å²) in [7, 11) is 2.01. The van der Waals surface area contributed by atoms with Crippen molar-refractivity contribution in [3.05, 3.63) is 17.5 Å². The predicted octanol–water partition coefficient (Wildman–Crippen LogP) is 2.82. The van der Waals surface area contributed by atoms with Gasteiger partial charge in [-0.15, -0.1) is 0 Å². The Hall–Kier alpha value is -0.830. The highest BCUT2D eigenvalue weighted by molar-refractivity contribution is 5.21. The van der Waals surface area contributed by atoms with Gasteiger partial charge in [-0.25, -0.2) is 0 Å². The van der Waals surface area contributed by atoms with Gasteiger partial charge in [0, 0.05) is 24.8 Å². The predicted molar refractivity (Wildman–Crippen MR) is 68.5 cm³/mol. The van der Waals surface area contributed by atoms with Gasteiger partial charge in [-0.1, -0.05) is 33.6 Å². The number of nitrogens with one attached hydrogen (secondary N) is 1. The van der Waals surface area contributed by atoms with Crippen LogP contribution in [-0.2, 0) is 13.5 Å². The molecule has 0 aliphatic carbocycles. The summed E-state index contributed by atoms with van der Waals surface area (Å²) in [6.45, 7) is 7.61. The fourth-order valence-electron chi connectivity index (χ4n) is 2.14. The second kappa shape index (κ2) is 6.69. The van der Waals surface area contributed by atoms with Crippen molar-refractivity contribution in [3.8, 4) is 0 Å². The summed E-state index contributed by atoms with van der Waals surface area (Å²) in [5.41, 5.74) is 2.63. The average Bonchev–Trinajstić information content (AvgIpc) is 2.65. The number of hydrogen-bond acceptors (Lipinski definition) is 2. The molecule has 1 unspecified atom stereocenters. The summed E-state index contributed by atoms with van der Waals surface area (Å²) in [6, 6.07) is 0.480. The van der Waals surface area contributed by atoms with Gasteiger partial charge in [0.05, 0.1) is 5.69 Å². The molecule has 0 bridgehead atoms. The van der Waals surface area contributed by atoms with Gasteiger partial charge in [0.15, 0.2) is 0 Å². The number of unbranched alkanes of at least 4 members (excludes halogenated alkanes) is 1. The van der Waals surface area contributed by atoms with E-state index in [2.05, 4.69) is 37.4 Å². The quantitative estimate of drug-likeness (QED) is 0.770. The third kappa shape index (κ3) is 3.34. The molecule has 1 aromatic rings. The Bertz CT molecular complexity index is 304. The third-order valence-electron chi connectivity index (χ3n) is 2.94. The SMILES string of the molecule is CCCCC(NCC)c1cn(C)nc1CC. The molecule has 3 heteroatoms. The first-order valence-corrected chi connectivity index (χ1v) is 6.48. The van der Waals surface area contributed by atoms with Gasteiger partial charge in [-0.3, -0.25) is 4.68 Å². The topological polar surface area (TPSA) is 29.9 Å². The maximum absolute atomic E-state index is 4.52. The molecule has 0 spiro atoms. The molecule has 1 aromatic heterocycles. The maximum Gasteiger partial charge on any atom is 0.0669 e. The van der Waals surface area contributed by atoms with Crippen molar-refractivity contribution in [2.24, 2.45) is 7.05 Å². The largest absolute Gasteiger partial charge is 0.310 e. The first-order chi connectivity index (χ1) is 7.72. The van der Waals surface area contributed by atoms with E-state index in [-0.39, 0.29) is 0 Å². The van der Waals surface area contributed by atoms with Crippen LogP contribution in [0.2, 0.25) is 0 Å². The summed E-state index contributed by atoms with van der Waals surface area (Å²) in [5, 5.41) is 8.09. The molecule has 0 aromatic carbocycles. The van der Waals surface area contributed by atoms with Crippen LogP contribution in [0.5, 0.6) is 0 Å². The maximum atomic E-state index is 4.52. The highest BCUT2D eigenvalue weighted by atomic mass is 15.3. The van der Waals surface area contributed by atoms with Crippen molar-refractivity contribution < 1.29 is 0 Å². The lowest BCUT2D eigenvalue weighted by molar-refractivity contribution is 0.491. The van der Waals surface area contributed by atoms with Gasteiger partial charge in [0.2, 0.25) is 0 Å². The molecule has 0 aliphatic heterocycles. The fraction of sp³-hybridized carbons (Fsp3) is 0.769. The van der Waals surface area contributed by atoms with Gasteiger partial charge >= 0.3 is 0 Å². The lowest BCUT2D eigenvalue weighted by Gasteiger charge is -2.17. The molecule has 1 rings (SSSR count). The molecule has 16 heavy (non-hydrogen) atoms. The van der Waals surface area contributed by atoms with E-state index in [0.717, 1.165) is 13.0 Å². The minimum Gasteiger partial charge on any atom is -0.310 e. The summed E-state index contributed by atoms with van der Waals surface area (Å²) >= 11 is 0. The van der Waals surface area contributed by atoms with Crippen LogP contribution in [0.3, 0.4) is 0 Å². The van der Waals surface area contributed by atoms with Gasteiger partial charge in [-0.2, -0.15) is 5.10 Å². The van der Waals surface area contributed by atoms with Crippen molar-refractivity contribution in [1.29, 1.82) is 0 Å². The second-order valence-electron chi connectivity index (χ2n) is 4.31. The van der Waals surface area contributed by atoms with E-state index in [1.807, 2.05) is 11.7 Å². The number of aromatic nitrogens is 2. The number of rotatable bonds is 7. The van der Waals surface area contributed by atoms with Crippen LogP contribution >= 0.6 is 0 Å². The summed E-state index contributed by atoms with van der Waals surface area (Å²) in [6.07, 6.45) is 6.92. The minimum atomic E-state index is 0.480. The molecule has 1 N–H and O–H groups in total. The van der Waals surface area contributed by atoms with Crippen LogP contribution in [0.1, 0.15) is 57.3 Å². The van der Waals surface area contributed by atoms with E-state index in [4.69, 9.17) is 0 Å². The third-order valence-corrected chi connectivity index (χ3v) is 2.94. The van der Waals surface area contributed by atoms with E-state index in [1.54, 1.807) is 0 Å². The highest BCUT2D eigenvalue weighted by Crippen LogP contribution is 2.22. The van der Waals surface area contributed by atoms with Crippen LogP contribution in [0.4, 0.5) is 0 Å². The Morgan fingerprint density at radius 3 is 2.69 bits per heavy atom. The zero-order chi connectivity index (χ0) is 12.0. The molecule has 0 radical (unpaired) electrons. The number of aryl methyl sites for hydroxylation is 2. The first-order valence-electron chi connectivity index (χ1n) is 6.48. The van der Waals surface area contributed by atoms with Crippen molar-refractivity contribution in [2.45, 2.75) is 52.5 Å². The molecule has 92 valence electrons. The van der Waals surface area contributed by atoms with Crippen LogP contribution in [-0.4, -0.2) is 16.3 Å². The molecule has 0 saturated carbocycles. The van der Waals surface area contributed by atoms with E-state index in [0.29, 0.717) is 6.04 Å². The second-order valence-corrected chi connectivity index (χ2v) is 4.31. The van der Waals surface area contributed by atoms with Gasteiger partial charge in [0.25, 0.3) is 0 Å². The van der Waals surface area contributed by atoms with Crippen molar-refractivity contribution >= 4 is 0 Å². The summed E-state index contributed by atoms with van der Waals surface area (Å²) in [4.78, 5) is 0. The van der Waals surface area contributed by atoms with Crippen LogP contribution < -0.4 is 5.32 Å². The number of nitrogens with zero attached hydrogens (tertiary/aromatic N) is 2. The van der Waals surface area contributed by atoms with Gasteiger partial charge in [0.1, 0.15) is 0 Å². The number of hydrogen-bond donors (Lipinski definition) is 1. The van der Waals surface area contributed by atoms with Crippen LogP contribution in [0, 0.1) is 0 Å². The van der Waals surface area contributed by atoms with Crippen LogP contribution in [0.15, 0.2) is 6.20 Å². The van der Waals surface area contributed by atoms with E-state index in [9.17, 15) is 0 Å². The Morgan fingerprint density at radius 1 is 1.38 bits per heavy atom. The van der Waals surface area contributed by atoms with Gasteiger partial charge in [-0.05, 0) is 19.4 Å². The van der Waals surface area contributed by atoms with E-state index in [1.165, 1.54) is 30.5 Å². The zero-order valence-corrected chi connectivity index (χ0v) is 11.1. The van der Waals surface area contributed by atoms with Crippen LogP contribution in [0.25, 0.3) is 0 Å². The Balaban J connectivity index is 2.81. The zero-order valence-electron chi connectivity index (χ0n) is 11.1. The molecular weight excluding hydrogens is 198 g/mol. The standard InChI is InChI=1S/C13H25N3/c1-5-8-9-13(14-7-3)11-10-16(4)15-12(11)6-2/h10,13-14H,5-9H2,1-4H3. The normalized spacial score (nSPS) is 13.0. The van der Waals surface area contributed by atoms with Crippen molar-refractivity contribution in [1.82, 2.24) is 15.1 Å². The lowest BCUT2D eigenvalue weighted by Crippen LogP contribution is -2.21. The first kappa shape index (κ1) is 13.2. The molecule has 0 amide bonds. The van der Waals surface area contributed by atoms with Crippen molar-refractivity contribution in [2.75, 3.05) is 6.54 Å². The molecule has 3 nitrogen and oxygen atoms in total. The molecule has 1 heterocycles. The summed E-state index contributed by atoms with van der Waals surface area (Å²) in [5.74, 6) is 0. The minimum absolute atomic E-state index is 0.480. The fourth-order valence-corrected chi connectivity index (χ4v) is 2.14. The summed E-state index contributed by atoms with van der Waals surface area (Å²) < 4.78 is 1.93. The Kier molecular flexibility index (Phi) is 5.53. The average molecular weight is 223 g/mol. The van der Waals surface area contributed by atoms with Crippen molar-refractivity contribution in [3.63, 3.8) is 0 Å². The van der Waals surface area contributed by atoms with Gasteiger partial charge < -0.3 is 5.32 Å². The monoisotopic (exact) mass is 223 g/mol. The molecular formula is C13H25N3. The molecule has 0 saturated heterocycles. The highest BCUT2D eigenvalue weighted by Gasteiger charge is 2.16. The molecule has 1 atom stereocenters. The smallest absolute Gasteiger partial charge is 0.0669 e. The lowest BCUT2D eigenvalue weighted by atomic mass is 10.0.